The Morgan fingerprint density at radius 2 is 1.95 bits per heavy atom. The summed E-state index contributed by atoms with van der Waals surface area (Å²) in [6, 6.07) is 9.68. The van der Waals surface area contributed by atoms with Gasteiger partial charge in [-0.15, -0.1) is 0 Å². The van der Waals surface area contributed by atoms with Crippen molar-refractivity contribution in [1.29, 1.82) is 0 Å². The Balaban J connectivity index is 2.08. The van der Waals surface area contributed by atoms with E-state index in [1.54, 1.807) is 30.3 Å². The van der Waals surface area contributed by atoms with Crippen LogP contribution in [0.4, 0.5) is 5.69 Å². The molecule has 0 radical (unpaired) electrons. The van der Waals surface area contributed by atoms with Gasteiger partial charge in [-0.25, -0.2) is 4.79 Å². The van der Waals surface area contributed by atoms with Crippen LogP contribution in [0.15, 0.2) is 36.4 Å². The van der Waals surface area contributed by atoms with Gasteiger partial charge >= 0.3 is 5.97 Å². The predicted octanol–water partition coefficient (Wildman–Crippen LogP) is 3.94. The number of nitrogens with two attached hydrogens (primary N) is 1. The molecule has 0 unspecified atom stereocenters. The van der Waals surface area contributed by atoms with Crippen molar-refractivity contribution < 1.29 is 14.3 Å². The number of halogens is 2. The zero-order valence-corrected chi connectivity index (χ0v) is 12.7. The molecule has 6 heteroatoms. The number of rotatable bonds is 4. The van der Waals surface area contributed by atoms with Crippen LogP contribution in [0.1, 0.15) is 15.9 Å². The standard InChI is InChI=1S/C15H13Cl2NO3/c1-20-14-6-9(3-5-13(14)18)15(19)21-8-10-2-4-11(16)7-12(10)17/h2-7H,8,18H2,1H3. The Morgan fingerprint density at radius 1 is 1.19 bits per heavy atom. The maximum absolute atomic E-state index is 12.0. The number of anilines is 1. The van der Waals surface area contributed by atoms with Gasteiger partial charge in [0.15, 0.2) is 0 Å². The minimum atomic E-state index is -0.487. The Labute approximate surface area is 132 Å². The van der Waals surface area contributed by atoms with Crippen LogP contribution in [0.25, 0.3) is 0 Å². The van der Waals surface area contributed by atoms with Crippen molar-refractivity contribution in [1.82, 2.24) is 0 Å². The molecule has 2 N–H and O–H groups in total. The fraction of sp³-hybridized carbons (Fsp3) is 0.133. The average molecular weight is 326 g/mol. The summed E-state index contributed by atoms with van der Waals surface area (Å²) in [5.74, 6) is -0.0618. The van der Waals surface area contributed by atoms with Gasteiger partial charge in [-0.1, -0.05) is 29.3 Å². The lowest BCUT2D eigenvalue weighted by Gasteiger charge is -2.09. The molecule has 0 saturated heterocycles. The van der Waals surface area contributed by atoms with E-state index in [0.29, 0.717) is 32.6 Å². The lowest BCUT2D eigenvalue weighted by molar-refractivity contribution is 0.0472. The van der Waals surface area contributed by atoms with E-state index >= 15 is 0 Å². The van der Waals surface area contributed by atoms with Crippen LogP contribution in [-0.2, 0) is 11.3 Å². The van der Waals surface area contributed by atoms with E-state index in [1.165, 1.54) is 13.2 Å². The molecule has 110 valence electrons. The Kier molecular flexibility index (Phi) is 4.94. The van der Waals surface area contributed by atoms with Crippen LogP contribution >= 0.6 is 23.2 Å². The molecule has 0 aliphatic heterocycles. The second kappa shape index (κ2) is 6.70. The molecule has 0 aliphatic rings. The summed E-state index contributed by atoms with van der Waals surface area (Å²) >= 11 is 11.8. The Bertz CT molecular complexity index is 674. The van der Waals surface area contributed by atoms with E-state index in [-0.39, 0.29) is 6.61 Å². The fourth-order valence-corrected chi connectivity index (χ4v) is 2.17. The van der Waals surface area contributed by atoms with Crippen LogP contribution in [-0.4, -0.2) is 13.1 Å². The average Bonchev–Trinajstić information content (AvgIpc) is 2.46. The second-order valence-electron chi connectivity index (χ2n) is 4.27. The first-order chi connectivity index (χ1) is 10.0. The molecule has 0 bridgehead atoms. The molecule has 21 heavy (non-hydrogen) atoms. The van der Waals surface area contributed by atoms with E-state index in [2.05, 4.69) is 0 Å². The summed E-state index contributed by atoms with van der Waals surface area (Å²) in [6.07, 6.45) is 0. The lowest BCUT2D eigenvalue weighted by Crippen LogP contribution is -2.06. The van der Waals surface area contributed by atoms with Gasteiger partial charge in [0.2, 0.25) is 0 Å². The van der Waals surface area contributed by atoms with Crippen LogP contribution in [0.5, 0.6) is 5.75 Å². The van der Waals surface area contributed by atoms with Crippen LogP contribution < -0.4 is 10.5 Å². The zero-order chi connectivity index (χ0) is 15.4. The number of benzene rings is 2. The molecule has 2 aromatic rings. The van der Waals surface area contributed by atoms with Crippen molar-refractivity contribution in [3.05, 3.63) is 57.6 Å². The zero-order valence-electron chi connectivity index (χ0n) is 11.2. The number of carbonyl (C=O) groups excluding carboxylic acids is 1. The molecule has 0 amide bonds. The smallest absolute Gasteiger partial charge is 0.338 e. The summed E-state index contributed by atoms with van der Waals surface area (Å²) in [4.78, 5) is 12.0. The van der Waals surface area contributed by atoms with Gasteiger partial charge in [-0.05, 0) is 30.3 Å². The second-order valence-corrected chi connectivity index (χ2v) is 5.11. The lowest BCUT2D eigenvalue weighted by atomic mass is 10.2. The first kappa shape index (κ1) is 15.5. The number of hydrogen-bond acceptors (Lipinski definition) is 4. The quantitative estimate of drug-likeness (QED) is 0.683. The highest BCUT2D eigenvalue weighted by atomic mass is 35.5. The fourth-order valence-electron chi connectivity index (χ4n) is 1.70. The minimum Gasteiger partial charge on any atom is -0.495 e. The van der Waals surface area contributed by atoms with Gasteiger partial charge in [0, 0.05) is 15.6 Å². The normalized spacial score (nSPS) is 10.2. The number of nitrogen functional groups attached to an aromatic ring is 1. The van der Waals surface area contributed by atoms with Crippen molar-refractivity contribution in [3.63, 3.8) is 0 Å². The maximum Gasteiger partial charge on any atom is 0.338 e. The predicted molar refractivity (Wildman–Crippen MR) is 83.0 cm³/mol. The number of esters is 1. The summed E-state index contributed by atoms with van der Waals surface area (Å²) in [5.41, 5.74) is 7.18. The monoisotopic (exact) mass is 325 g/mol. The largest absolute Gasteiger partial charge is 0.495 e. The molecule has 0 spiro atoms. The molecule has 0 fully saturated rings. The summed E-state index contributed by atoms with van der Waals surface area (Å²) in [7, 11) is 1.48. The number of ether oxygens (including phenoxy) is 2. The molecule has 0 aromatic heterocycles. The highest BCUT2D eigenvalue weighted by Crippen LogP contribution is 2.24. The van der Waals surface area contributed by atoms with E-state index in [4.69, 9.17) is 38.4 Å². The van der Waals surface area contributed by atoms with Gasteiger partial charge in [-0.3, -0.25) is 0 Å². The molecule has 2 aromatic carbocycles. The molecule has 0 aliphatic carbocycles. The van der Waals surface area contributed by atoms with Crippen molar-refractivity contribution in [2.24, 2.45) is 0 Å². The molecular weight excluding hydrogens is 313 g/mol. The molecular formula is C15H13Cl2NO3. The van der Waals surface area contributed by atoms with Crippen molar-refractivity contribution in [2.75, 3.05) is 12.8 Å². The van der Waals surface area contributed by atoms with Gasteiger partial charge in [0.25, 0.3) is 0 Å². The van der Waals surface area contributed by atoms with Crippen molar-refractivity contribution in [2.45, 2.75) is 6.61 Å². The highest BCUT2D eigenvalue weighted by molar-refractivity contribution is 6.35. The highest BCUT2D eigenvalue weighted by Gasteiger charge is 2.11. The van der Waals surface area contributed by atoms with E-state index in [0.717, 1.165) is 0 Å². The van der Waals surface area contributed by atoms with E-state index in [1.807, 2.05) is 0 Å². The Hall–Kier alpha value is -1.91. The van der Waals surface area contributed by atoms with Crippen LogP contribution in [0.2, 0.25) is 10.0 Å². The van der Waals surface area contributed by atoms with Gasteiger partial charge in [0.05, 0.1) is 18.4 Å². The van der Waals surface area contributed by atoms with Crippen LogP contribution in [0.3, 0.4) is 0 Å². The van der Waals surface area contributed by atoms with Gasteiger partial charge in [0.1, 0.15) is 12.4 Å². The summed E-state index contributed by atoms with van der Waals surface area (Å²) in [6.45, 7) is 0.0571. The van der Waals surface area contributed by atoms with Crippen molar-refractivity contribution in [3.8, 4) is 5.75 Å². The minimum absolute atomic E-state index is 0.0571. The first-order valence-corrected chi connectivity index (χ1v) is 6.81. The topological polar surface area (TPSA) is 61.5 Å². The Morgan fingerprint density at radius 3 is 2.62 bits per heavy atom. The summed E-state index contributed by atoms with van der Waals surface area (Å²) < 4.78 is 10.3. The van der Waals surface area contributed by atoms with Crippen LogP contribution in [0, 0.1) is 0 Å². The number of methoxy groups -OCH3 is 1. The molecule has 4 nitrogen and oxygen atoms in total. The third kappa shape index (κ3) is 3.80. The number of carbonyl (C=O) groups is 1. The molecule has 0 saturated carbocycles. The molecule has 0 atom stereocenters. The summed E-state index contributed by atoms with van der Waals surface area (Å²) in [5, 5.41) is 0.975. The van der Waals surface area contributed by atoms with E-state index < -0.39 is 5.97 Å². The van der Waals surface area contributed by atoms with Crippen molar-refractivity contribution >= 4 is 34.9 Å². The van der Waals surface area contributed by atoms with Gasteiger partial charge < -0.3 is 15.2 Å². The third-order valence-electron chi connectivity index (χ3n) is 2.84. The molecule has 2 rings (SSSR count). The third-order valence-corrected chi connectivity index (χ3v) is 3.43. The molecule has 0 heterocycles. The first-order valence-electron chi connectivity index (χ1n) is 6.06. The SMILES string of the molecule is COc1cc(C(=O)OCc2ccc(Cl)cc2Cl)ccc1N. The maximum atomic E-state index is 12.0. The number of hydrogen-bond donors (Lipinski definition) is 1. The van der Waals surface area contributed by atoms with Gasteiger partial charge in [-0.2, -0.15) is 0 Å². The van der Waals surface area contributed by atoms with E-state index in [9.17, 15) is 4.79 Å².